The Labute approximate surface area is 166 Å². The molecule has 1 fully saturated rings. The van der Waals surface area contributed by atoms with Crippen molar-refractivity contribution in [2.75, 3.05) is 12.3 Å². The minimum absolute atomic E-state index is 0.205. The molecule has 9 nitrogen and oxygen atoms in total. The quantitative estimate of drug-likeness (QED) is 0.469. The summed E-state index contributed by atoms with van der Waals surface area (Å²) in [6.45, 7) is 6.60. The number of nitrogen functional groups attached to an aromatic ring is 1. The summed E-state index contributed by atoms with van der Waals surface area (Å²) in [7, 11) is 0. The normalized spacial score (nSPS) is 14.0. The number of ether oxygens (including phenoxy) is 1. The molecule has 0 aromatic carbocycles. The van der Waals surface area contributed by atoms with Gasteiger partial charge in [-0.3, -0.25) is 0 Å². The molecule has 0 radical (unpaired) electrons. The summed E-state index contributed by atoms with van der Waals surface area (Å²) >= 11 is 1.51. The highest BCUT2D eigenvalue weighted by Crippen LogP contribution is 2.40. The maximum atomic E-state index is 12.2. The first kappa shape index (κ1) is 18.7. The molecule has 0 spiro atoms. The van der Waals surface area contributed by atoms with E-state index in [1.807, 2.05) is 0 Å². The van der Waals surface area contributed by atoms with Gasteiger partial charge in [-0.25, -0.2) is 9.78 Å². The predicted octanol–water partition coefficient (Wildman–Crippen LogP) is 3.07. The molecule has 28 heavy (non-hydrogen) atoms. The van der Waals surface area contributed by atoms with Crippen LogP contribution in [0.3, 0.4) is 0 Å². The molecule has 3 heterocycles. The maximum Gasteiger partial charge on any atom is 0.342 e. The minimum atomic E-state index is -0.486. The van der Waals surface area contributed by atoms with Gasteiger partial charge in [0.2, 0.25) is 5.71 Å². The highest BCUT2D eigenvalue weighted by molar-refractivity contribution is 7.98. The number of anilines is 1. The fourth-order valence-corrected chi connectivity index (χ4v) is 4.04. The second-order valence-electron chi connectivity index (χ2n) is 6.61. The molecule has 0 unspecified atom stereocenters. The zero-order chi connectivity index (χ0) is 19.8. The first-order valence-electron chi connectivity index (χ1n) is 9.31. The molecule has 3 aromatic rings. The van der Waals surface area contributed by atoms with Crippen LogP contribution in [0.5, 0.6) is 0 Å². The minimum Gasteiger partial charge on any atom is -0.462 e. The topological polar surface area (TPSA) is 122 Å². The summed E-state index contributed by atoms with van der Waals surface area (Å²) in [5.41, 5.74) is 6.70. The summed E-state index contributed by atoms with van der Waals surface area (Å²) in [6.07, 6.45) is 2.36. The van der Waals surface area contributed by atoms with Crippen molar-refractivity contribution < 1.29 is 13.9 Å². The Morgan fingerprint density at radius 1 is 1.32 bits per heavy atom. The lowest BCUT2D eigenvalue weighted by Crippen LogP contribution is -2.07. The smallest absolute Gasteiger partial charge is 0.342 e. The van der Waals surface area contributed by atoms with Gasteiger partial charge in [-0.05, 0) is 33.6 Å². The molecule has 148 valence electrons. The number of nitrogens with zero attached hydrogens (tertiary/aromatic N) is 5. The molecule has 1 aliphatic carbocycles. The van der Waals surface area contributed by atoms with Crippen LogP contribution in [-0.4, -0.2) is 37.3 Å². The fraction of sp³-hybridized carbons (Fsp3) is 0.500. The van der Waals surface area contributed by atoms with Crippen molar-refractivity contribution in [3.8, 4) is 0 Å². The number of furan rings is 1. The number of thioether (sulfide) groups is 1. The van der Waals surface area contributed by atoms with Crippen molar-refractivity contribution in [1.29, 1.82) is 0 Å². The summed E-state index contributed by atoms with van der Waals surface area (Å²) in [6, 6.07) is 0. The standard InChI is InChI=1S/C18H22N6O3S/c1-4-24-15(10-6-7-10)22-23-18(24)28-8-11-20-14(19)13-12(17(25)26-5-2)9(3)27-16(13)21-11/h10H,4-8H2,1-3H3,(H2,19,20,21). The van der Waals surface area contributed by atoms with Gasteiger partial charge in [-0.15, -0.1) is 10.2 Å². The van der Waals surface area contributed by atoms with Gasteiger partial charge in [0.25, 0.3) is 0 Å². The van der Waals surface area contributed by atoms with Crippen LogP contribution in [0.2, 0.25) is 0 Å². The Morgan fingerprint density at radius 3 is 2.79 bits per heavy atom. The third kappa shape index (κ3) is 3.32. The zero-order valence-electron chi connectivity index (χ0n) is 16.1. The van der Waals surface area contributed by atoms with Crippen molar-refractivity contribution in [3.63, 3.8) is 0 Å². The summed E-state index contributed by atoms with van der Waals surface area (Å²) in [4.78, 5) is 21.0. The molecular formula is C18H22N6O3S. The van der Waals surface area contributed by atoms with E-state index in [1.165, 1.54) is 24.6 Å². The van der Waals surface area contributed by atoms with Crippen LogP contribution < -0.4 is 5.73 Å². The molecule has 0 saturated heterocycles. The van der Waals surface area contributed by atoms with E-state index in [9.17, 15) is 4.79 Å². The number of carbonyl (C=O) groups is 1. The average molecular weight is 402 g/mol. The average Bonchev–Trinajstić information content (AvgIpc) is 3.33. The lowest BCUT2D eigenvalue weighted by Gasteiger charge is -2.06. The zero-order valence-corrected chi connectivity index (χ0v) is 16.9. The van der Waals surface area contributed by atoms with E-state index in [1.54, 1.807) is 13.8 Å². The van der Waals surface area contributed by atoms with Crippen LogP contribution in [0.1, 0.15) is 60.4 Å². The van der Waals surface area contributed by atoms with Crippen LogP contribution in [0, 0.1) is 6.92 Å². The number of carbonyl (C=O) groups excluding carboxylic acids is 1. The van der Waals surface area contributed by atoms with E-state index >= 15 is 0 Å². The Balaban J connectivity index is 1.59. The first-order chi connectivity index (χ1) is 13.5. The summed E-state index contributed by atoms with van der Waals surface area (Å²) in [5, 5.41) is 9.89. The molecule has 1 saturated carbocycles. The lowest BCUT2D eigenvalue weighted by molar-refractivity contribution is 0.0526. The van der Waals surface area contributed by atoms with Crippen molar-refractivity contribution >= 4 is 34.6 Å². The number of hydrogen-bond acceptors (Lipinski definition) is 9. The molecular weight excluding hydrogens is 380 g/mol. The van der Waals surface area contributed by atoms with E-state index in [0.717, 1.165) is 17.5 Å². The number of rotatable bonds is 7. The number of hydrogen-bond donors (Lipinski definition) is 1. The van der Waals surface area contributed by atoms with Crippen molar-refractivity contribution in [2.45, 2.75) is 57.0 Å². The second-order valence-corrected chi connectivity index (χ2v) is 7.55. The van der Waals surface area contributed by atoms with Crippen LogP contribution in [0.25, 0.3) is 11.1 Å². The van der Waals surface area contributed by atoms with Gasteiger partial charge in [0.15, 0.2) is 5.16 Å². The summed E-state index contributed by atoms with van der Waals surface area (Å²) in [5.74, 6) is 2.71. The number of nitrogens with two attached hydrogens (primary N) is 1. The van der Waals surface area contributed by atoms with Crippen molar-refractivity contribution in [2.24, 2.45) is 0 Å². The molecule has 4 rings (SSSR count). The third-order valence-electron chi connectivity index (χ3n) is 4.62. The molecule has 0 aliphatic heterocycles. The highest BCUT2D eigenvalue weighted by Gasteiger charge is 2.30. The van der Waals surface area contributed by atoms with Gasteiger partial charge in [0.05, 0.1) is 17.7 Å². The Hall–Kier alpha value is -2.62. The van der Waals surface area contributed by atoms with Gasteiger partial charge >= 0.3 is 5.97 Å². The van der Waals surface area contributed by atoms with Gasteiger partial charge in [0, 0.05) is 12.5 Å². The molecule has 2 N–H and O–H groups in total. The van der Waals surface area contributed by atoms with Gasteiger partial charge in [-0.2, -0.15) is 4.98 Å². The number of esters is 1. The van der Waals surface area contributed by atoms with Gasteiger partial charge in [0.1, 0.15) is 28.8 Å². The van der Waals surface area contributed by atoms with Crippen molar-refractivity contribution in [1.82, 2.24) is 24.7 Å². The van der Waals surface area contributed by atoms with Crippen molar-refractivity contribution in [3.05, 3.63) is 23.0 Å². The van der Waals surface area contributed by atoms with Crippen LogP contribution in [-0.2, 0) is 17.0 Å². The summed E-state index contributed by atoms with van der Waals surface area (Å²) < 4.78 is 12.9. The monoisotopic (exact) mass is 402 g/mol. The van der Waals surface area contributed by atoms with E-state index in [4.69, 9.17) is 14.9 Å². The van der Waals surface area contributed by atoms with E-state index in [0.29, 0.717) is 34.4 Å². The maximum absolute atomic E-state index is 12.2. The van der Waals surface area contributed by atoms with E-state index in [2.05, 4.69) is 31.7 Å². The Morgan fingerprint density at radius 2 is 2.11 bits per heavy atom. The predicted molar refractivity (Wildman–Crippen MR) is 104 cm³/mol. The molecule has 0 atom stereocenters. The lowest BCUT2D eigenvalue weighted by atomic mass is 10.2. The number of fused-ring (bicyclic) bond motifs is 1. The number of aryl methyl sites for hydroxylation is 1. The Kier molecular flexibility index (Phi) is 4.96. The van der Waals surface area contributed by atoms with E-state index in [-0.39, 0.29) is 18.0 Å². The molecule has 10 heteroatoms. The van der Waals surface area contributed by atoms with Gasteiger partial charge in [-0.1, -0.05) is 11.8 Å². The first-order valence-corrected chi connectivity index (χ1v) is 10.3. The molecule has 3 aromatic heterocycles. The fourth-order valence-electron chi connectivity index (χ4n) is 3.17. The third-order valence-corrected chi connectivity index (χ3v) is 5.58. The Bertz CT molecular complexity index is 1040. The van der Waals surface area contributed by atoms with E-state index < -0.39 is 5.97 Å². The molecule has 1 aliphatic rings. The molecule has 0 bridgehead atoms. The second kappa shape index (κ2) is 7.42. The SMILES string of the molecule is CCOC(=O)c1c(C)oc2nc(CSc3nnc(C4CC4)n3CC)nc(N)c12. The van der Waals surface area contributed by atoms with Crippen LogP contribution >= 0.6 is 11.8 Å². The highest BCUT2D eigenvalue weighted by atomic mass is 32.2. The van der Waals surface area contributed by atoms with Crippen LogP contribution in [0.15, 0.2) is 9.57 Å². The number of aromatic nitrogens is 5. The van der Waals surface area contributed by atoms with Gasteiger partial charge < -0.3 is 19.5 Å². The van der Waals surface area contributed by atoms with Crippen LogP contribution in [0.4, 0.5) is 5.82 Å². The molecule has 0 amide bonds. The largest absolute Gasteiger partial charge is 0.462 e.